The maximum absolute atomic E-state index is 12.4. The van der Waals surface area contributed by atoms with Crippen LogP contribution in [-0.4, -0.2) is 47.7 Å². The number of aromatic nitrogens is 1. The van der Waals surface area contributed by atoms with Crippen LogP contribution >= 0.6 is 0 Å². The maximum Gasteiger partial charge on any atom is 0.262 e. The van der Waals surface area contributed by atoms with Crippen LogP contribution in [0.15, 0.2) is 42.7 Å². The molecule has 0 aliphatic carbocycles. The van der Waals surface area contributed by atoms with Crippen LogP contribution in [0.2, 0.25) is 0 Å². The summed E-state index contributed by atoms with van der Waals surface area (Å²) in [4.78, 5) is 41.6. The summed E-state index contributed by atoms with van der Waals surface area (Å²) in [6, 6.07) is 8.73. The largest absolute Gasteiger partial charge is 0.482 e. The number of carbonyl (C=O) groups is 3. The minimum absolute atomic E-state index is 0.0272. The Kier molecular flexibility index (Phi) is 5.80. The molecule has 0 saturated carbocycles. The number of carbonyl (C=O) groups excluding carboxylic acids is 3. The number of nitrogens with one attached hydrogen (secondary N) is 1. The van der Waals surface area contributed by atoms with Gasteiger partial charge in [-0.25, -0.2) is 0 Å². The number of pyridine rings is 1. The number of hydrogen-bond acceptors (Lipinski definition) is 5. The van der Waals surface area contributed by atoms with Crippen LogP contribution in [0.1, 0.15) is 28.8 Å². The molecule has 0 radical (unpaired) electrons. The van der Waals surface area contributed by atoms with Crippen LogP contribution < -0.4 is 10.1 Å². The Labute approximate surface area is 157 Å². The van der Waals surface area contributed by atoms with E-state index in [9.17, 15) is 14.4 Å². The third kappa shape index (κ3) is 4.91. The Hall–Kier alpha value is -3.22. The topological polar surface area (TPSA) is 88.6 Å². The highest BCUT2D eigenvalue weighted by Crippen LogP contribution is 2.28. The molecule has 7 nitrogen and oxygen atoms in total. The first kappa shape index (κ1) is 18.6. The number of ketones is 1. The van der Waals surface area contributed by atoms with E-state index in [2.05, 4.69) is 10.3 Å². The zero-order valence-corrected chi connectivity index (χ0v) is 15.1. The van der Waals surface area contributed by atoms with Gasteiger partial charge in [-0.15, -0.1) is 0 Å². The zero-order valence-electron chi connectivity index (χ0n) is 15.1. The van der Waals surface area contributed by atoms with E-state index in [1.165, 1.54) is 0 Å². The number of nitrogens with zero attached hydrogens (tertiary/aromatic N) is 2. The highest BCUT2D eigenvalue weighted by atomic mass is 16.5. The van der Waals surface area contributed by atoms with E-state index in [4.69, 9.17) is 4.74 Å². The predicted molar refractivity (Wildman–Crippen MR) is 99.7 cm³/mol. The minimum Gasteiger partial charge on any atom is -0.482 e. The maximum atomic E-state index is 12.4. The molecule has 1 aliphatic rings. The minimum atomic E-state index is -0.252. The van der Waals surface area contributed by atoms with E-state index in [1.54, 1.807) is 42.5 Å². The smallest absolute Gasteiger partial charge is 0.262 e. The first-order chi connectivity index (χ1) is 13.0. The highest BCUT2D eigenvalue weighted by Gasteiger charge is 2.18. The van der Waals surface area contributed by atoms with Crippen molar-refractivity contribution in [2.24, 2.45) is 0 Å². The Bertz CT molecular complexity index is 852. The SMILES string of the molecule is CN(CCc1ccncc1)C(=O)CCC(=O)c1ccc2c(c1)NC(=O)CO2. The van der Waals surface area contributed by atoms with E-state index < -0.39 is 0 Å². The van der Waals surface area contributed by atoms with Crippen LogP contribution in [0.5, 0.6) is 5.75 Å². The van der Waals surface area contributed by atoms with Crippen LogP contribution in [-0.2, 0) is 16.0 Å². The molecule has 1 aliphatic heterocycles. The van der Waals surface area contributed by atoms with E-state index >= 15 is 0 Å². The molecular formula is C20H21N3O4. The molecule has 2 aromatic rings. The van der Waals surface area contributed by atoms with Crippen molar-refractivity contribution >= 4 is 23.3 Å². The number of Topliss-reactive ketones (excluding diaryl/α,β-unsaturated/α-hetero) is 1. The van der Waals surface area contributed by atoms with Crippen molar-refractivity contribution < 1.29 is 19.1 Å². The van der Waals surface area contributed by atoms with E-state index in [0.29, 0.717) is 23.5 Å². The molecule has 140 valence electrons. The van der Waals surface area contributed by atoms with Crippen molar-refractivity contribution in [3.63, 3.8) is 0 Å². The van der Waals surface area contributed by atoms with Gasteiger partial charge in [-0.3, -0.25) is 19.4 Å². The lowest BCUT2D eigenvalue weighted by atomic mass is 10.0. The molecule has 0 saturated heterocycles. The fourth-order valence-corrected chi connectivity index (χ4v) is 2.78. The fourth-order valence-electron chi connectivity index (χ4n) is 2.78. The third-order valence-electron chi connectivity index (χ3n) is 4.41. The monoisotopic (exact) mass is 367 g/mol. The van der Waals surface area contributed by atoms with Gasteiger partial charge in [-0.2, -0.15) is 0 Å². The molecule has 2 amide bonds. The summed E-state index contributed by atoms with van der Waals surface area (Å²) in [7, 11) is 1.74. The quantitative estimate of drug-likeness (QED) is 0.757. The zero-order chi connectivity index (χ0) is 19.2. The van der Waals surface area contributed by atoms with Crippen LogP contribution in [0.25, 0.3) is 0 Å². The number of likely N-dealkylation sites (N-methyl/N-ethyl adjacent to an activating group) is 1. The Morgan fingerprint density at radius 3 is 2.74 bits per heavy atom. The predicted octanol–water partition coefficient (Wildman–Crippen LogP) is 2.08. The first-order valence-corrected chi connectivity index (χ1v) is 8.75. The van der Waals surface area contributed by atoms with Crippen molar-refractivity contribution in [3.05, 3.63) is 53.9 Å². The van der Waals surface area contributed by atoms with Crippen molar-refractivity contribution in [1.29, 1.82) is 0 Å². The number of benzene rings is 1. The van der Waals surface area contributed by atoms with Crippen molar-refractivity contribution in [1.82, 2.24) is 9.88 Å². The molecule has 1 aromatic heterocycles. The van der Waals surface area contributed by atoms with Gasteiger partial charge in [0.15, 0.2) is 12.4 Å². The van der Waals surface area contributed by atoms with Gasteiger partial charge in [-0.05, 0) is 42.3 Å². The molecule has 0 fully saturated rings. The van der Waals surface area contributed by atoms with Crippen LogP contribution in [0, 0.1) is 0 Å². The van der Waals surface area contributed by atoms with Gasteiger partial charge < -0.3 is 15.0 Å². The number of ether oxygens (including phenoxy) is 1. The molecule has 0 atom stereocenters. The molecule has 1 N–H and O–H groups in total. The lowest BCUT2D eigenvalue weighted by molar-refractivity contribution is -0.129. The van der Waals surface area contributed by atoms with Gasteiger partial charge in [0.2, 0.25) is 5.91 Å². The second-order valence-electron chi connectivity index (χ2n) is 6.39. The Morgan fingerprint density at radius 2 is 1.96 bits per heavy atom. The molecule has 0 bridgehead atoms. The van der Waals surface area contributed by atoms with Gasteiger partial charge >= 0.3 is 0 Å². The summed E-state index contributed by atoms with van der Waals surface area (Å²) in [5.74, 6) is 0.0664. The average Bonchev–Trinajstić information content (AvgIpc) is 2.70. The number of amides is 2. The third-order valence-corrected chi connectivity index (χ3v) is 4.41. The molecule has 0 spiro atoms. The average molecular weight is 367 g/mol. The Balaban J connectivity index is 1.50. The van der Waals surface area contributed by atoms with Gasteiger partial charge in [0, 0.05) is 44.4 Å². The van der Waals surface area contributed by atoms with E-state index in [-0.39, 0.29) is 37.0 Å². The van der Waals surface area contributed by atoms with E-state index in [1.807, 2.05) is 12.1 Å². The number of hydrogen-bond donors (Lipinski definition) is 1. The number of fused-ring (bicyclic) bond motifs is 1. The summed E-state index contributed by atoms with van der Waals surface area (Å²) in [5, 5.41) is 2.67. The molecule has 7 heteroatoms. The fraction of sp³-hybridized carbons (Fsp3) is 0.300. The van der Waals surface area contributed by atoms with Crippen molar-refractivity contribution in [2.45, 2.75) is 19.3 Å². The van der Waals surface area contributed by atoms with Crippen LogP contribution in [0.4, 0.5) is 5.69 Å². The highest BCUT2D eigenvalue weighted by molar-refractivity contribution is 6.01. The summed E-state index contributed by atoms with van der Waals surface area (Å²) in [5.41, 5.74) is 2.05. The second-order valence-corrected chi connectivity index (χ2v) is 6.39. The van der Waals surface area contributed by atoms with Gasteiger partial charge in [0.25, 0.3) is 5.91 Å². The lowest BCUT2D eigenvalue weighted by Crippen LogP contribution is -2.29. The first-order valence-electron chi connectivity index (χ1n) is 8.75. The van der Waals surface area contributed by atoms with Gasteiger partial charge in [0.05, 0.1) is 5.69 Å². The molecular weight excluding hydrogens is 346 g/mol. The summed E-state index contributed by atoms with van der Waals surface area (Å²) in [6.45, 7) is 0.555. The Morgan fingerprint density at radius 1 is 1.19 bits per heavy atom. The number of anilines is 1. The summed E-state index contributed by atoms with van der Waals surface area (Å²) >= 11 is 0. The lowest BCUT2D eigenvalue weighted by Gasteiger charge is -2.18. The van der Waals surface area contributed by atoms with Crippen molar-refractivity contribution in [3.8, 4) is 5.75 Å². The second kappa shape index (κ2) is 8.44. The van der Waals surface area contributed by atoms with Gasteiger partial charge in [-0.1, -0.05) is 0 Å². The van der Waals surface area contributed by atoms with E-state index in [0.717, 1.165) is 12.0 Å². The van der Waals surface area contributed by atoms with Crippen molar-refractivity contribution in [2.75, 3.05) is 25.5 Å². The molecule has 2 heterocycles. The summed E-state index contributed by atoms with van der Waals surface area (Å²) in [6.07, 6.45) is 4.45. The molecule has 1 aromatic carbocycles. The molecule has 3 rings (SSSR count). The van der Waals surface area contributed by atoms with Crippen LogP contribution in [0.3, 0.4) is 0 Å². The molecule has 27 heavy (non-hydrogen) atoms. The normalized spacial score (nSPS) is 12.6. The molecule has 0 unspecified atom stereocenters. The standard InChI is InChI=1S/C20H21N3O4/c1-23(11-8-14-6-9-21-10-7-14)20(26)5-3-17(24)15-2-4-18-16(12-15)22-19(25)13-27-18/h2,4,6-7,9-10,12H,3,5,8,11,13H2,1H3,(H,22,25). The summed E-state index contributed by atoms with van der Waals surface area (Å²) < 4.78 is 5.28. The van der Waals surface area contributed by atoms with Gasteiger partial charge in [0.1, 0.15) is 5.75 Å². The number of rotatable bonds is 7.